The minimum Gasteiger partial charge on any atom is -0.388 e. The zero-order chi connectivity index (χ0) is 10.8. The third-order valence-corrected chi connectivity index (χ3v) is 2.27. The SMILES string of the molecule is CC(Nc1cccnc1N)C(C)(C)O. The number of nitrogens with zero attached hydrogens (tertiary/aromatic N) is 1. The maximum atomic E-state index is 9.71. The van der Waals surface area contributed by atoms with Crippen molar-refractivity contribution in [3.8, 4) is 0 Å². The predicted octanol–water partition coefficient (Wildman–Crippen LogP) is 1.24. The lowest BCUT2D eigenvalue weighted by molar-refractivity contribution is 0.0649. The average molecular weight is 195 g/mol. The number of hydrogen-bond acceptors (Lipinski definition) is 4. The van der Waals surface area contributed by atoms with Crippen molar-refractivity contribution in [3.05, 3.63) is 18.3 Å². The molecule has 4 N–H and O–H groups in total. The molecule has 1 heterocycles. The van der Waals surface area contributed by atoms with Crippen LogP contribution in [0.15, 0.2) is 18.3 Å². The molecule has 1 aromatic heterocycles. The van der Waals surface area contributed by atoms with Gasteiger partial charge in [-0.05, 0) is 32.9 Å². The van der Waals surface area contributed by atoms with E-state index in [0.29, 0.717) is 5.82 Å². The van der Waals surface area contributed by atoms with E-state index in [0.717, 1.165) is 5.69 Å². The van der Waals surface area contributed by atoms with Gasteiger partial charge in [0.15, 0.2) is 0 Å². The number of hydrogen-bond donors (Lipinski definition) is 3. The van der Waals surface area contributed by atoms with Gasteiger partial charge in [0, 0.05) is 6.20 Å². The van der Waals surface area contributed by atoms with E-state index >= 15 is 0 Å². The molecule has 0 bridgehead atoms. The van der Waals surface area contributed by atoms with E-state index < -0.39 is 5.60 Å². The average Bonchev–Trinajstić information content (AvgIpc) is 2.07. The van der Waals surface area contributed by atoms with Crippen LogP contribution in [0.4, 0.5) is 11.5 Å². The normalized spacial score (nSPS) is 13.7. The highest BCUT2D eigenvalue weighted by Crippen LogP contribution is 2.19. The summed E-state index contributed by atoms with van der Waals surface area (Å²) in [6, 6.07) is 3.55. The maximum Gasteiger partial charge on any atom is 0.146 e. The number of nitrogen functional groups attached to an aromatic ring is 1. The summed E-state index contributed by atoms with van der Waals surface area (Å²) >= 11 is 0. The third-order valence-electron chi connectivity index (χ3n) is 2.27. The van der Waals surface area contributed by atoms with Crippen molar-refractivity contribution in [1.29, 1.82) is 0 Å². The molecule has 1 atom stereocenters. The van der Waals surface area contributed by atoms with Crippen LogP contribution < -0.4 is 11.1 Å². The second-order valence-electron chi connectivity index (χ2n) is 3.96. The van der Waals surface area contributed by atoms with E-state index in [1.165, 1.54) is 0 Å². The highest BCUT2D eigenvalue weighted by atomic mass is 16.3. The van der Waals surface area contributed by atoms with E-state index in [1.807, 2.05) is 13.0 Å². The summed E-state index contributed by atoms with van der Waals surface area (Å²) in [7, 11) is 0. The van der Waals surface area contributed by atoms with Crippen LogP contribution in [0.25, 0.3) is 0 Å². The zero-order valence-electron chi connectivity index (χ0n) is 8.78. The van der Waals surface area contributed by atoms with Gasteiger partial charge in [-0.25, -0.2) is 4.98 Å². The molecule has 0 radical (unpaired) electrons. The minimum atomic E-state index is -0.789. The fourth-order valence-corrected chi connectivity index (χ4v) is 0.949. The van der Waals surface area contributed by atoms with E-state index in [1.54, 1.807) is 26.1 Å². The molecular weight excluding hydrogens is 178 g/mol. The lowest BCUT2D eigenvalue weighted by atomic mass is 10.0. The summed E-state index contributed by atoms with van der Waals surface area (Å²) in [5.41, 5.74) is 5.62. The maximum absolute atomic E-state index is 9.71. The van der Waals surface area contributed by atoms with Crippen LogP contribution in [0.3, 0.4) is 0 Å². The quantitative estimate of drug-likeness (QED) is 0.678. The van der Waals surface area contributed by atoms with Gasteiger partial charge in [0.25, 0.3) is 0 Å². The van der Waals surface area contributed by atoms with Crippen molar-refractivity contribution in [2.24, 2.45) is 0 Å². The van der Waals surface area contributed by atoms with Crippen LogP contribution in [-0.4, -0.2) is 21.7 Å². The minimum absolute atomic E-state index is 0.0889. The highest BCUT2D eigenvalue weighted by molar-refractivity contribution is 5.61. The van der Waals surface area contributed by atoms with Crippen molar-refractivity contribution in [2.45, 2.75) is 32.4 Å². The summed E-state index contributed by atoms with van der Waals surface area (Å²) in [5, 5.41) is 12.8. The monoisotopic (exact) mass is 195 g/mol. The molecule has 0 aliphatic carbocycles. The van der Waals surface area contributed by atoms with Gasteiger partial charge in [0.2, 0.25) is 0 Å². The largest absolute Gasteiger partial charge is 0.388 e. The first-order chi connectivity index (χ1) is 6.41. The van der Waals surface area contributed by atoms with Gasteiger partial charge in [-0.2, -0.15) is 0 Å². The Morgan fingerprint density at radius 2 is 2.21 bits per heavy atom. The van der Waals surface area contributed by atoms with Gasteiger partial charge in [0.05, 0.1) is 17.3 Å². The Morgan fingerprint density at radius 3 is 2.71 bits per heavy atom. The predicted molar refractivity (Wildman–Crippen MR) is 58.0 cm³/mol. The molecule has 0 fully saturated rings. The van der Waals surface area contributed by atoms with Crippen LogP contribution in [-0.2, 0) is 0 Å². The van der Waals surface area contributed by atoms with Gasteiger partial charge in [-0.1, -0.05) is 0 Å². The topological polar surface area (TPSA) is 71.2 Å². The summed E-state index contributed by atoms with van der Waals surface area (Å²) in [6.07, 6.45) is 1.63. The van der Waals surface area contributed by atoms with E-state index in [2.05, 4.69) is 10.3 Å². The number of nitrogens with two attached hydrogens (primary N) is 1. The first-order valence-corrected chi connectivity index (χ1v) is 4.60. The molecule has 1 unspecified atom stereocenters. The second kappa shape index (κ2) is 3.84. The molecule has 0 amide bonds. The van der Waals surface area contributed by atoms with Crippen molar-refractivity contribution >= 4 is 11.5 Å². The van der Waals surface area contributed by atoms with Crippen LogP contribution in [0.5, 0.6) is 0 Å². The lowest BCUT2D eigenvalue weighted by Crippen LogP contribution is -2.39. The van der Waals surface area contributed by atoms with Crippen LogP contribution >= 0.6 is 0 Å². The Balaban J connectivity index is 2.75. The molecule has 0 aromatic carbocycles. The summed E-state index contributed by atoms with van der Waals surface area (Å²) < 4.78 is 0. The summed E-state index contributed by atoms with van der Waals surface area (Å²) in [4.78, 5) is 3.95. The number of aliphatic hydroxyl groups is 1. The Hall–Kier alpha value is -1.29. The summed E-state index contributed by atoms with van der Waals surface area (Å²) in [5.74, 6) is 0.448. The highest BCUT2D eigenvalue weighted by Gasteiger charge is 2.22. The Bertz CT molecular complexity index is 306. The van der Waals surface area contributed by atoms with Crippen LogP contribution in [0.1, 0.15) is 20.8 Å². The molecule has 14 heavy (non-hydrogen) atoms. The van der Waals surface area contributed by atoms with Gasteiger partial charge < -0.3 is 16.2 Å². The van der Waals surface area contributed by atoms with Gasteiger partial charge in [-0.15, -0.1) is 0 Å². The Kier molecular flexibility index (Phi) is 2.96. The molecule has 0 aliphatic rings. The Morgan fingerprint density at radius 1 is 1.57 bits per heavy atom. The number of rotatable bonds is 3. The number of aromatic nitrogens is 1. The first-order valence-electron chi connectivity index (χ1n) is 4.60. The fourth-order valence-electron chi connectivity index (χ4n) is 0.949. The third kappa shape index (κ3) is 2.60. The molecule has 0 saturated heterocycles. The van der Waals surface area contributed by atoms with E-state index in [-0.39, 0.29) is 6.04 Å². The van der Waals surface area contributed by atoms with Crippen molar-refractivity contribution in [2.75, 3.05) is 11.1 Å². The molecule has 1 aromatic rings. The van der Waals surface area contributed by atoms with Crippen molar-refractivity contribution < 1.29 is 5.11 Å². The standard InChI is InChI=1S/C10H17N3O/c1-7(10(2,3)14)13-8-5-4-6-12-9(8)11/h4-7,13-14H,1-3H3,(H2,11,12). The van der Waals surface area contributed by atoms with Crippen LogP contribution in [0.2, 0.25) is 0 Å². The molecule has 0 aliphatic heterocycles. The Labute approximate surface area is 84.2 Å². The number of pyridine rings is 1. The first kappa shape index (κ1) is 10.8. The molecule has 1 rings (SSSR count). The lowest BCUT2D eigenvalue weighted by Gasteiger charge is -2.27. The van der Waals surface area contributed by atoms with E-state index in [4.69, 9.17) is 5.73 Å². The van der Waals surface area contributed by atoms with E-state index in [9.17, 15) is 5.11 Å². The van der Waals surface area contributed by atoms with Gasteiger partial charge in [0.1, 0.15) is 5.82 Å². The second-order valence-corrected chi connectivity index (χ2v) is 3.96. The number of anilines is 2. The molecule has 4 nitrogen and oxygen atoms in total. The van der Waals surface area contributed by atoms with Crippen molar-refractivity contribution in [1.82, 2.24) is 4.98 Å². The van der Waals surface area contributed by atoms with Crippen LogP contribution in [0, 0.1) is 0 Å². The van der Waals surface area contributed by atoms with Crippen molar-refractivity contribution in [3.63, 3.8) is 0 Å². The van der Waals surface area contributed by atoms with Gasteiger partial charge >= 0.3 is 0 Å². The van der Waals surface area contributed by atoms with Gasteiger partial charge in [-0.3, -0.25) is 0 Å². The molecule has 0 spiro atoms. The molecule has 4 heteroatoms. The number of nitrogens with one attached hydrogen (secondary N) is 1. The molecular formula is C10H17N3O. The smallest absolute Gasteiger partial charge is 0.146 e. The molecule has 78 valence electrons. The fraction of sp³-hybridized carbons (Fsp3) is 0.500. The zero-order valence-corrected chi connectivity index (χ0v) is 8.78. The summed E-state index contributed by atoms with van der Waals surface area (Å²) in [6.45, 7) is 5.39. The molecule has 0 saturated carbocycles.